The molecule has 6 heteroatoms. The molecule has 0 radical (unpaired) electrons. The van der Waals surface area contributed by atoms with Crippen molar-refractivity contribution in [1.29, 1.82) is 0 Å². The molecule has 1 aliphatic rings. The van der Waals surface area contributed by atoms with Gasteiger partial charge in [0.2, 0.25) is 0 Å². The van der Waals surface area contributed by atoms with E-state index in [2.05, 4.69) is 17.3 Å². The van der Waals surface area contributed by atoms with Gasteiger partial charge in [0.15, 0.2) is 5.78 Å². The number of anilines is 1. The number of benzene rings is 1. The minimum absolute atomic E-state index is 0.0894. The maximum atomic E-state index is 12.2. The number of urea groups is 1. The molecule has 0 saturated carbocycles. The van der Waals surface area contributed by atoms with Crippen molar-refractivity contribution in [2.24, 2.45) is 0 Å². The van der Waals surface area contributed by atoms with Crippen LogP contribution in [0.1, 0.15) is 23.7 Å². The van der Waals surface area contributed by atoms with E-state index in [0.717, 1.165) is 26.1 Å². The molecule has 0 bridgehead atoms. The van der Waals surface area contributed by atoms with E-state index in [9.17, 15) is 9.59 Å². The third-order valence-corrected chi connectivity index (χ3v) is 3.92. The van der Waals surface area contributed by atoms with Crippen molar-refractivity contribution in [3.8, 4) is 0 Å². The van der Waals surface area contributed by atoms with Crippen molar-refractivity contribution in [3.63, 3.8) is 0 Å². The molecular formula is C15H20ClN3O2. The van der Waals surface area contributed by atoms with E-state index in [-0.39, 0.29) is 11.8 Å². The number of carbonyl (C=O) groups excluding carboxylic acids is 2. The third kappa shape index (κ3) is 4.19. The van der Waals surface area contributed by atoms with Crippen molar-refractivity contribution in [2.75, 3.05) is 38.5 Å². The second kappa shape index (κ2) is 6.91. The fourth-order valence-corrected chi connectivity index (χ4v) is 2.64. The highest BCUT2D eigenvalue weighted by Gasteiger charge is 2.17. The lowest BCUT2D eigenvalue weighted by molar-refractivity contribution is 0.101. The lowest BCUT2D eigenvalue weighted by Crippen LogP contribution is -2.37. The van der Waals surface area contributed by atoms with Gasteiger partial charge in [0, 0.05) is 30.9 Å². The van der Waals surface area contributed by atoms with Crippen LogP contribution in [0.25, 0.3) is 0 Å². The Morgan fingerprint density at radius 2 is 1.95 bits per heavy atom. The van der Waals surface area contributed by atoms with E-state index in [4.69, 9.17) is 11.6 Å². The van der Waals surface area contributed by atoms with Crippen molar-refractivity contribution in [3.05, 3.63) is 28.8 Å². The first-order valence-electron chi connectivity index (χ1n) is 7.02. The van der Waals surface area contributed by atoms with E-state index in [0.29, 0.717) is 22.8 Å². The number of halogens is 1. The van der Waals surface area contributed by atoms with Gasteiger partial charge in [-0.1, -0.05) is 11.6 Å². The standard InChI is InChI=1S/C15H20ClN3O2/c1-11(20)13-5-4-12(10-14(13)16)17-15(21)19-7-3-6-18(2)8-9-19/h4-5,10H,3,6-9H2,1-2H3,(H,17,21). The van der Waals surface area contributed by atoms with Gasteiger partial charge in [-0.05, 0) is 45.1 Å². The highest BCUT2D eigenvalue weighted by Crippen LogP contribution is 2.21. The Balaban J connectivity index is 2.02. The maximum Gasteiger partial charge on any atom is 0.321 e. The van der Waals surface area contributed by atoms with Crippen molar-refractivity contribution >= 4 is 29.1 Å². The van der Waals surface area contributed by atoms with Crippen LogP contribution in [0.5, 0.6) is 0 Å². The second-order valence-corrected chi connectivity index (χ2v) is 5.73. The summed E-state index contributed by atoms with van der Waals surface area (Å²) < 4.78 is 0. The summed E-state index contributed by atoms with van der Waals surface area (Å²) in [6, 6.07) is 4.82. The number of likely N-dealkylation sites (N-methyl/N-ethyl adjacent to an activating group) is 1. The van der Waals surface area contributed by atoms with Crippen LogP contribution in [-0.4, -0.2) is 54.8 Å². The molecule has 1 aromatic carbocycles. The number of Topliss-reactive ketones (excluding diaryl/α,β-unsaturated/α-hetero) is 1. The predicted octanol–water partition coefficient (Wildman–Crippen LogP) is 2.71. The van der Waals surface area contributed by atoms with E-state index < -0.39 is 0 Å². The molecule has 1 saturated heterocycles. The molecule has 21 heavy (non-hydrogen) atoms. The Kier molecular flexibility index (Phi) is 5.20. The van der Waals surface area contributed by atoms with Gasteiger partial charge < -0.3 is 15.1 Å². The summed E-state index contributed by atoms with van der Waals surface area (Å²) in [5, 5.41) is 3.19. The zero-order valence-corrected chi connectivity index (χ0v) is 13.1. The third-order valence-electron chi connectivity index (χ3n) is 3.61. The molecular weight excluding hydrogens is 290 g/mol. The van der Waals surface area contributed by atoms with Gasteiger partial charge in [0.05, 0.1) is 5.02 Å². The summed E-state index contributed by atoms with van der Waals surface area (Å²) in [4.78, 5) is 27.6. The summed E-state index contributed by atoms with van der Waals surface area (Å²) in [6.07, 6.45) is 0.966. The molecule has 2 amide bonds. The lowest BCUT2D eigenvalue weighted by atomic mass is 10.1. The summed E-state index contributed by atoms with van der Waals surface area (Å²) >= 11 is 6.05. The largest absolute Gasteiger partial charge is 0.323 e. The molecule has 114 valence electrons. The van der Waals surface area contributed by atoms with Crippen LogP contribution in [-0.2, 0) is 0 Å². The average Bonchev–Trinajstić information content (AvgIpc) is 2.63. The molecule has 1 aromatic rings. The monoisotopic (exact) mass is 309 g/mol. The first-order chi connectivity index (χ1) is 9.97. The molecule has 0 unspecified atom stereocenters. The summed E-state index contributed by atoms with van der Waals surface area (Å²) in [7, 11) is 2.06. The number of rotatable bonds is 2. The van der Waals surface area contributed by atoms with Gasteiger partial charge in [-0.15, -0.1) is 0 Å². The van der Waals surface area contributed by atoms with Gasteiger partial charge >= 0.3 is 6.03 Å². The second-order valence-electron chi connectivity index (χ2n) is 5.32. The maximum absolute atomic E-state index is 12.2. The quantitative estimate of drug-likeness (QED) is 0.855. The number of amides is 2. The van der Waals surface area contributed by atoms with Gasteiger partial charge in [-0.2, -0.15) is 0 Å². The number of nitrogens with zero attached hydrogens (tertiary/aromatic N) is 2. The first kappa shape index (κ1) is 15.8. The summed E-state index contributed by atoms with van der Waals surface area (Å²) in [6.45, 7) is 4.80. The highest BCUT2D eigenvalue weighted by atomic mass is 35.5. The Morgan fingerprint density at radius 1 is 1.19 bits per heavy atom. The predicted molar refractivity (Wildman–Crippen MR) is 84.2 cm³/mol. The zero-order chi connectivity index (χ0) is 15.4. The van der Waals surface area contributed by atoms with E-state index in [1.165, 1.54) is 6.92 Å². The minimum atomic E-state index is -0.128. The SMILES string of the molecule is CC(=O)c1ccc(NC(=O)N2CCCN(C)CC2)cc1Cl. The van der Waals surface area contributed by atoms with Crippen LogP contribution in [0.2, 0.25) is 5.02 Å². The molecule has 0 aromatic heterocycles. The number of carbonyl (C=O) groups is 2. The van der Waals surface area contributed by atoms with Crippen molar-refractivity contribution < 1.29 is 9.59 Å². The van der Waals surface area contributed by atoms with Gasteiger partial charge in [-0.3, -0.25) is 4.79 Å². The van der Waals surface area contributed by atoms with Crippen molar-refractivity contribution in [1.82, 2.24) is 9.80 Å². The van der Waals surface area contributed by atoms with Gasteiger partial charge in [0.25, 0.3) is 0 Å². The Labute approximate surface area is 129 Å². The number of nitrogens with one attached hydrogen (secondary N) is 1. The fraction of sp³-hybridized carbons (Fsp3) is 0.467. The highest BCUT2D eigenvalue weighted by molar-refractivity contribution is 6.34. The van der Waals surface area contributed by atoms with Crippen LogP contribution in [0.15, 0.2) is 18.2 Å². The van der Waals surface area contributed by atoms with E-state index in [1.54, 1.807) is 23.1 Å². The molecule has 1 aliphatic heterocycles. The molecule has 0 spiro atoms. The molecule has 2 rings (SSSR count). The first-order valence-corrected chi connectivity index (χ1v) is 7.40. The van der Waals surface area contributed by atoms with E-state index >= 15 is 0 Å². The van der Waals surface area contributed by atoms with Crippen LogP contribution < -0.4 is 5.32 Å². The number of ketones is 1. The summed E-state index contributed by atoms with van der Waals surface area (Å²) in [5.41, 5.74) is 1.07. The van der Waals surface area contributed by atoms with Crippen LogP contribution in [0.3, 0.4) is 0 Å². The van der Waals surface area contributed by atoms with Crippen LogP contribution in [0, 0.1) is 0 Å². The molecule has 1 heterocycles. The molecule has 0 atom stereocenters. The lowest BCUT2D eigenvalue weighted by Gasteiger charge is -2.21. The fourth-order valence-electron chi connectivity index (χ4n) is 2.33. The van der Waals surface area contributed by atoms with Gasteiger partial charge in [-0.25, -0.2) is 4.79 Å². The Morgan fingerprint density at radius 3 is 2.62 bits per heavy atom. The van der Waals surface area contributed by atoms with Gasteiger partial charge in [0.1, 0.15) is 0 Å². The topological polar surface area (TPSA) is 52.7 Å². The molecule has 1 N–H and O–H groups in total. The van der Waals surface area contributed by atoms with E-state index in [1.807, 2.05) is 0 Å². The van der Waals surface area contributed by atoms with Crippen LogP contribution >= 0.6 is 11.6 Å². The van der Waals surface area contributed by atoms with Crippen molar-refractivity contribution in [2.45, 2.75) is 13.3 Å². The van der Waals surface area contributed by atoms with Crippen LogP contribution in [0.4, 0.5) is 10.5 Å². The molecule has 5 nitrogen and oxygen atoms in total. The average molecular weight is 310 g/mol. The number of hydrogen-bond donors (Lipinski definition) is 1. The smallest absolute Gasteiger partial charge is 0.321 e. The number of hydrogen-bond acceptors (Lipinski definition) is 3. The zero-order valence-electron chi connectivity index (χ0n) is 12.4. The normalized spacial score (nSPS) is 16.4. The minimum Gasteiger partial charge on any atom is -0.323 e. The molecule has 0 aliphatic carbocycles. The Hall–Kier alpha value is -1.59. The molecule has 1 fully saturated rings. The Bertz CT molecular complexity index is 548. The summed E-state index contributed by atoms with van der Waals surface area (Å²) in [5.74, 6) is -0.0894.